The molecule has 1 amide bonds. The van der Waals surface area contributed by atoms with Gasteiger partial charge in [-0.05, 0) is 53.8 Å². The van der Waals surface area contributed by atoms with E-state index in [4.69, 9.17) is 10.5 Å². The fourth-order valence-corrected chi connectivity index (χ4v) is 6.15. The average Bonchev–Trinajstić information content (AvgIpc) is 3.72. The molecular formula is C31H39N5O4. The van der Waals surface area contributed by atoms with Crippen LogP contribution in [-0.4, -0.2) is 63.9 Å². The first-order valence-corrected chi connectivity index (χ1v) is 14.3. The van der Waals surface area contributed by atoms with Gasteiger partial charge in [0.2, 0.25) is 5.91 Å². The molecule has 3 N–H and O–H groups in total. The van der Waals surface area contributed by atoms with Crippen LogP contribution in [-0.2, 0) is 29.1 Å². The number of unbranched alkanes of at least 4 members (excludes halogenated alkanes) is 1. The highest BCUT2D eigenvalue weighted by Gasteiger charge is 2.47. The number of hydrogen-bond acceptors (Lipinski definition) is 6. The van der Waals surface area contributed by atoms with Gasteiger partial charge in [-0.15, -0.1) is 0 Å². The van der Waals surface area contributed by atoms with E-state index < -0.39 is 11.9 Å². The standard InChI is InChI=1S/C31H39N5O4/c1-2-3-14-36(25-7-4-6-22(17-25)19-32)29(37)21-34-20-26(23-8-9-28-24(18-23)11-16-40-28)30(31(38)39)27(34)10-15-35-13-5-12-33-35/h4-9,12-13,17-18,26-27,30H,2-3,10-11,14-16,19-21,32H2,1H3,(H,38,39). The summed E-state index contributed by atoms with van der Waals surface area (Å²) in [5, 5.41) is 14.8. The molecule has 9 heteroatoms. The van der Waals surface area contributed by atoms with E-state index in [1.54, 1.807) is 6.20 Å². The summed E-state index contributed by atoms with van der Waals surface area (Å²) in [6.45, 7) is 4.98. The Balaban J connectivity index is 1.43. The largest absolute Gasteiger partial charge is 0.493 e. The second kappa shape index (κ2) is 12.7. The number of nitrogens with two attached hydrogens (primary N) is 1. The van der Waals surface area contributed by atoms with Crippen LogP contribution in [0.5, 0.6) is 5.75 Å². The predicted molar refractivity (Wildman–Crippen MR) is 153 cm³/mol. The van der Waals surface area contributed by atoms with Gasteiger partial charge in [-0.1, -0.05) is 37.6 Å². The Morgan fingerprint density at radius 3 is 2.83 bits per heavy atom. The molecule has 0 radical (unpaired) electrons. The molecule has 0 aliphatic carbocycles. The number of aliphatic carboxylic acids is 1. The molecule has 0 spiro atoms. The molecule has 40 heavy (non-hydrogen) atoms. The Morgan fingerprint density at radius 2 is 2.08 bits per heavy atom. The Bertz CT molecular complexity index is 1310. The number of carboxylic acids is 1. The van der Waals surface area contributed by atoms with E-state index in [1.165, 1.54) is 0 Å². The van der Waals surface area contributed by atoms with E-state index >= 15 is 0 Å². The van der Waals surface area contributed by atoms with Crippen molar-refractivity contribution in [1.29, 1.82) is 0 Å². The van der Waals surface area contributed by atoms with Gasteiger partial charge in [0, 0.05) is 62.6 Å². The summed E-state index contributed by atoms with van der Waals surface area (Å²) < 4.78 is 7.51. The fourth-order valence-electron chi connectivity index (χ4n) is 6.15. The summed E-state index contributed by atoms with van der Waals surface area (Å²) >= 11 is 0. The first-order valence-electron chi connectivity index (χ1n) is 14.3. The van der Waals surface area contributed by atoms with E-state index in [-0.39, 0.29) is 24.4 Å². The van der Waals surface area contributed by atoms with Crippen molar-refractivity contribution < 1.29 is 19.4 Å². The van der Waals surface area contributed by atoms with Gasteiger partial charge in [0.15, 0.2) is 0 Å². The number of nitrogens with zero attached hydrogens (tertiary/aromatic N) is 4. The summed E-state index contributed by atoms with van der Waals surface area (Å²) in [6.07, 6.45) is 6.85. The molecule has 1 aromatic heterocycles. The van der Waals surface area contributed by atoms with Gasteiger partial charge in [-0.2, -0.15) is 5.10 Å². The number of anilines is 1. The molecule has 3 atom stereocenters. The maximum absolute atomic E-state index is 13.9. The first kappa shape index (κ1) is 27.9. The van der Waals surface area contributed by atoms with Crippen molar-refractivity contribution in [3.05, 3.63) is 77.6 Å². The summed E-state index contributed by atoms with van der Waals surface area (Å²) in [5.74, 6) is -0.862. The van der Waals surface area contributed by atoms with Crippen molar-refractivity contribution in [2.45, 2.75) is 57.7 Å². The van der Waals surface area contributed by atoms with Crippen molar-refractivity contribution in [3.63, 3.8) is 0 Å². The maximum Gasteiger partial charge on any atom is 0.308 e. The Morgan fingerprint density at radius 1 is 1.20 bits per heavy atom. The molecule has 0 saturated carbocycles. The molecule has 0 bridgehead atoms. The topological polar surface area (TPSA) is 114 Å². The molecule has 2 aliphatic rings. The number of benzene rings is 2. The lowest BCUT2D eigenvalue weighted by Crippen LogP contribution is -2.45. The number of rotatable bonds is 12. The summed E-state index contributed by atoms with van der Waals surface area (Å²) in [7, 11) is 0. The van der Waals surface area contributed by atoms with E-state index in [0.29, 0.717) is 39.2 Å². The van der Waals surface area contributed by atoms with Crippen LogP contribution < -0.4 is 15.4 Å². The lowest BCUT2D eigenvalue weighted by molar-refractivity contribution is -0.143. The van der Waals surface area contributed by atoms with Crippen molar-refractivity contribution in [2.24, 2.45) is 11.7 Å². The second-order valence-electron chi connectivity index (χ2n) is 10.8. The second-order valence-corrected chi connectivity index (χ2v) is 10.8. The molecule has 2 aliphatic heterocycles. The normalized spacial score (nSPS) is 20.3. The minimum absolute atomic E-state index is 0.0288. The maximum atomic E-state index is 13.9. The van der Waals surface area contributed by atoms with Crippen molar-refractivity contribution in [1.82, 2.24) is 14.7 Å². The van der Waals surface area contributed by atoms with E-state index in [9.17, 15) is 14.7 Å². The third-order valence-electron chi connectivity index (χ3n) is 8.22. The summed E-state index contributed by atoms with van der Waals surface area (Å²) in [5.41, 5.74) is 9.80. The molecule has 2 aromatic carbocycles. The van der Waals surface area contributed by atoms with Crippen LogP contribution in [0.4, 0.5) is 5.69 Å². The summed E-state index contributed by atoms with van der Waals surface area (Å²) in [4.78, 5) is 30.7. The molecule has 3 heterocycles. The number of amides is 1. The fraction of sp³-hybridized carbons (Fsp3) is 0.452. The number of carbonyl (C=O) groups excluding carboxylic acids is 1. The Hall–Kier alpha value is -3.69. The molecule has 5 rings (SSSR count). The van der Waals surface area contributed by atoms with Crippen LogP contribution in [0.2, 0.25) is 0 Å². The highest BCUT2D eigenvalue weighted by atomic mass is 16.5. The molecule has 1 fully saturated rings. The third kappa shape index (κ3) is 6.05. The van der Waals surface area contributed by atoms with Gasteiger partial charge in [0.25, 0.3) is 0 Å². The van der Waals surface area contributed by atoms with Crippen LogP contribution in [0.25, 0.3) is 0 Å². The monoisotopic (exact) mass is 545 g/mol. The van der Waals surface area contributed by atoms with E-state index in [2.05, 4.69) is 23.0 Å². The van der Waals surface area contributed by atoms with Gasteiger partial charge in [-0.3, -0.25) is 19.2 Å². The Kier molecular flexibility index (Phi) is 8.81. The number of carboxylic acid groups (broad SMARTS) is 1. The lowest BCUT2D eigenvalue weighted by Gasteiger charge is -2.30. The predicted octanol–water partition coefficient (Wildman–Crippen LogP) is 3.67. The average molecular weight is 546 g/mol. The van der Waals surface area contributed by atoms with E-state index in [0.717, 1.165) is 47.4 Å². The smallest absolute Gasteiger partial charge is 0.308 e. The zero-order chi connectivity index (χ0) is 28.1. The van der Waals surface area contributed by atoms with Gasteiger partial charge in [0.05, 0.1) is 19.1 Å². The zero-order valence-electron chi connectivity index (χ0n) is 23.1. The number of hydrogen-bond donors (Lipinski definition) is 2. The molecule has 3 aromatic rings. The number of aromatic nitrogens is 2. The van der Waals surface area contributed by atoms with E-state index in [1.807, 2.05) is 58.2 Å². The first-order chi connectivity index (χ1) is 19.5. The van der Waals surface area contributed by atoms with Crippen LogP contribution in [0.15, 0.2) is 60.9 Å². The lowest BCUT2D eigenvalue weighted by atomic mass is 9.83. The number of ether oxygens (including phenoxy) is 1. The minimum atomic E-state index is -0.833. The van der Waals surface area contributed by atoms with Crippen LogP contribution in [0, 0.1) is 5.92 Å². The molecule has 1 saturated heterocycles. The molecule has 212 valence electrons. The number of likely N-dealkylation sites (tertiary alicyclic amines) is 1. The van der Waals surface area contributed by atoms with Crippen molar-refractivity contribution in [3.8, 4) is 5.75 Å². The molecule has 9 nitrogen and oxygen atoms in total. The number of aryl methyl sites for hydroxylation is 1. The molecule has 3 unspecified atom stereocenters. The number of carbonyl (C=O) groups is 2. The van der Waals surface area contributed by atoms with Gasteiger partial charge in [0.1, 0.15) is 5.75 Å². The SMILES string of the molecule is CCCCN(C(=O)CN1CC(c2ccc3c(c2)CCO3)C(C(=O)O)C1CCn1cccn1)c1cccc(CN)c1. The molecular weight excluding hydrogens is 506 g/mol. The zero-order valence-corrected chi connectivity index (χ0v) is 23.1. The van der Waals surface area contributed by atoms with Crippen LogP contribution in [0.1, 0.15) is 48.8 Å². The van der Waals surface area contributed by atoms with Crippen molar-refractivity contribution >= 4 is 17.6 Å². The third-order valence-corrected chi connectivity index (χ3v) is 8.22. The summed E-state index contributed by atoms with van der Waals surface area (Å²) in [6, 6.07) is 15.4. The highest BCUT2D eigenvalue weighted by molar-refractivity contribution is 5.95. The van der Waals surface area contributed by atoms with Crippen molar-refractivity contribution in [2.75, 3.05) is 31.1 Å². The van der Waals surface area contributed by atoms with Gasteiger partial charge >= 0.3 is 5.97 Å². The minimum Gasteiger partial charge on any atom is -0.493 e. The van der Waals surface area contributed by atoms with Gasteiger partial charge < -0.3 is 20.5 Å². The number of fused-ring (bicyclic) bond motifs is 1. The Labute approximate surface area is 235 Å². The van der Waals surface area contributed by atoms with Crippen LogP contribution >= 0.6 is 0 Å². The quantitative estimate of drug-likeness (QED) is 0.357. The highest BCUT2D eigenvalue weighted by Crippen LogP contribution is 2.41. The van der Waals surface area contributed by atoms with Crippen LogP contribution in [0.3, 0.4) is 0 Å². The van der Waals surface area contributed by atoms with Gasteiger partial charge in [-0.25, -0.2) is 0 Å².